The van der Waals surface area contributed by atoms with Crippen molar-refractivity contribution in [3.63, 3.8) is 0 Å². The first-order chi connectivity index (χ1) is 15.8. The molecule has 1 amide bonds. The molecule has 166 valence electrons. The van der Waals surface area contributed by atoms with Crippen LogP contribution in [0, 0.1) is 18.2 Å². The highest BCUT2D eigenvalue weighted by molar-refractivity contribution is 6.08. The Hall–Kier alpha value is -4.13. The Labute approximate surface area is 190 Å². The number of fused-ring (bicyclic) bond motifs is 1. The highest BCUT2D eigenvalue weighted by Gasteiger charge is 2.19. The van der Waals surface area contributed by atoms with Crippen molar-refractivity contribution in [2.75, 3.05) is 0 Å². The number of hydrogen-bond donors (Lipinski definition) is 3. The molecule has 0 bridgehead atoms. The molecular weight excluding hydrogens is 419 g/mol. The maximum absolute atomic E-state index is 13.9. The van der Waals surface area contributed by atoms with Crippen molar-refractivity contribution < 1.29 is 14.3 Å². The quantitative estimate of drug-likeness (QED) is 0.365. The van der Waals surface area contributed by atoms with Gasteiger partial charge >= 0.3 is 0 Å². The fourth-order valence-corrected chi connectivity index (χ4v) is 3.65. The van der Waals surface area contributed by atoms with Gasteiger partial charge in [-0.3, -0.25) is 4.79 Å². The van der Waals surface area contributed by atoms with Gasteiger partial charge in [-0.2, -0.15) is 0 Å². The lowest BCUT2D eigenvalue weighted by atomic mass is 10.0. The molecule has 0 radical (unpaired) electrons. The number of phenolic OH excluding ortho intramolecular Hbond substituents is 1. The zero-order valence-electron chi connectivity index (χ0n) is 18.3. The molecule has 0 spiro atoms. The molecular formula is C26H23FN4O2. The predicted molar refractivity (Wildman–Crippen MR) is 126 cm³/mol. The lowest BCUT2D eigenvalue weighted by Crippen LogP contribution is -2.34. The Morgan fingerprint density at radius 3 is 2.58 bits per heavy atom. The molecule has 1 atom stereocenters. The highest BCUT2D eigenvalue weighted by Crippen LogP contribution is 2.29. The van der Waals surface area contributed by atoms with Gasteiger partial charge < -0.3 is 15.8 Å². The third-order valence-electron chi connectivity index (χ3n) is 5.29. The van der Waals surface area contributed by atoms with Gasteiger partial charge in [-0.25, -0.2) is 14.4 Å². The average Bonchev–Trinajstić information content (AvgIpc) is 2.78. The van der Waals surface area contributed by atoms with E-state index in [2.05, 4.69) is 15.3 Å². The summed E-state index contributed by atoms with van der Waals surface area (Å²) >= 11 is 0. The van der Waals surface area contributed by atoms with Gasteiger partial charge in [-0.15, -0.1) is 0 Å². The van der Waals surface area contributed by atoms with E-state index >= 15 is 0 Å². The van der Waals surface area contributed by atoms with Crippen LogP contribution in [0.3, 0.4) is 0 Å². The van der Waals surface area contributed by atoms with Crippen LogP contribution < -0.4 is 5.32 Å². The van der Waals surface area contributed by atoms with E-state index in [9.17, 15) is 14.3 Å². The van der Waals surface area contributed by atoms with Crippen LogP contribution in [0.5, 0.6) is 5.75 Å². The van der Waals surface area contributed by atoms with Gasteiger partial charge in [0.15, 0.2) is 5.82 Å². The van der Waals surface area contributed by atoms with Crippen LogP contribution in [0.2, 0.25) is 0 Å². The lowest BCUT2D eigenvalue weighted by Gasteiger charge is -2.16. The second-order valence-corrected chi connectivity index (χ2v) is 7.97. The van der Waals surface area contributed by atoms with Gasteiger partial charge in [0.1, 0.15) is 11.6 Å². The molecule has 6 nitrogen and oxygen atoms in total. The topological polar surface area (TPSA) is 99.0 Å². The number of para-hydroxylation sites is 1. The normalized spacial score (nSPS) is 11.8. The van der Waals surface area contributed by atoms with E-state index in [-0.39, 0.29) is 23.4 Å². The van der Waals surface area contributed by atoms with Crippen molar-refractivity contribution in [1.82, 2.24) is 15.3 Å². The standard InChI is InChI=1S/C26H23FN4O2/c1-15-11-12-18-22(13-15)30-25(19-8-4-6-10-23(19)32)31-24(18)21(28)14-16(2)29-26(33)17-7-3-5-9-20(17)27/h3-13,16,28,32H,14H2,1-2H3,(H,29,33)/t16-/m1/s1. The van der Waals surface area contributed by atoms with E-state index in [0.29, 0.717) is 28.0 Å². The average molecular weight is 442 g/mol. The highest BCUT2D eigenvalue weighted by atomic mass is 19.1. The van der Waals surface area contributed by atoms with Crippen LogP contribution in [0.15, 0.2) is 66.7 Å². The van der Waals surface area contributed by atoms with E-state index in [1.54, 1.807) is 37.3 Å². The molecule has 1 heterocycles. The second kappa shape index (κ2) is 9.16. The van der Waals surface area contributed by atoms with E-state index in [4.69, 9.17) is 5.41 Å². The zero-order valence-corrected chi connectivity index (χ0v) is 18.3. The van der Waals surface area contributed by atoms with Gasteiger partial charge in [0.05, 0.1) is 28.0 Å². The monoisotopic (exact) mass is 442 g/mol. The second-order valence-electron chi connectivity index (χ2n) is 7.97. The third-order valence-corrected chi connectivity index (χ3v) is 5.29. The number of phenols is 1. The molecule has 3 N–H and O–H groups in total. The summed E-state index contributed by atoms with van der Waals surface area (Å²) in [5, 5.41) is 22.5. The number of nitrogens with zero attached hydrogens (tertiary/aromatic N) is 2. The molecule has 0 saturated carbocycles. The number of nitrogens with one attached hydrogen (secondary N) is 2. The Balaban J connectivity index is 1.65. The van der Waals surface area contributed by atoms with Crippen LogP contribution in [0.1, 0.15) is 35.0 Å². The largest absolute Gasteiger partial charge is 0.507 e. The van der Waals surface area contributed by atoms with Crippen molar-refractivity contribution >= 4 is 22.5 Å². The molecule has 0 aliphatic carbocycles. The van der Waals surface area contributed by atoms with Crippen molar-refractivity contribution in [2.24, 2.45) is 0 Å². The van der Waals surface area contributed by atoms with Crippen LogP contribution in [0.4, 0.5) is 4.39 Å². The number of carbonyl (C=O) groups excluding carboxylic acids is 1. The Morgan fingerprint density at radius 1 is 1.09 bits per heavy atom. The van der Waals surface area contributed by atoms with E-state index in [0.717, 1.165) is 5.56 Å². The SMILES string of the molecule is Cc1ccc2c(C(=N)C[C@@H](C)NC(=O)c3ccccc3F)nc(-c3ccccc3O)nc2c1. The molecule has 33 heavy (non-hydrogen) atoms. The Morgan fingerprint density at radius 2 is 1.82 bits per heavy atom. The Kier molecular flexibility index (Phi) is 6.13. The van der Waals surface area contributed by atoms with Gasteiger partial charge in [0, 0.05) is 17.8 Å². The summed E-state index contributed by atoms with van der Waals surface area (Å²) in [4.78, 5) is 21.7. The number of aromatic nitrogens is 2. The van der Waals surface area contributed by atoms with Gasteiger partial charge in [-0.1, -0.05) is 36.4 Å². The minimum absolute atomic E-state index is 0.0410. The van der Waals surface area contributed by atoms with Crippen molar-refractivity contribution in [3.05, 3.63) is 89.4 Å². The number of carbonyl (C=O) groups is 1. The molecule has 1 aromatic heterocycles. The molecule has 3 aromatic carbocycles. The lowest BCUT2D eigenvalue weighted by molar-refractivity contribution is 0.0937. The van der Waals surface area contributed by atoms with E-state index in [1.807, 2.05) is 25.1 Å². The summed E-state index contributed by atoms with van der Waals surface area (Å²) in [5.74, 6) is -0.769. The molecule has 0 aliphatic heterocycles. The minimum atomic E-state index is -0.596. The van der Waals surface area contributed by atoms with Gasteiger partial charge in [-0.05, 0) is 49.7 Å². The van der Waals surface area contributed by atoms with Crippen LogP contribution in [-0.4, -0.2) is 32.7 Å². The summed E-state index contributed by atoms with van der Waals surface area (Å²) in [6, 6.07) is 17.8. The molecule has 0 unspecified atom stereocenters. The number of aromatic hydroxyl groups is 1. The summed E-state index contributed by atoms with van der Waals surface area (Å²) in [6.07, 6.45) is 0.181. The summed E-state index contributed by atoms with van der Waals surface area (Å²) in [6.45, 7) is 3.71. The maximum Gasteiger partial charge on any atom is 0.254 e. The molecule has 0 saturated heterocycles. The molecule has 0 aliphatic rings. The van der Waals surface area contributed by atoms with Gasteiger partial charge in [0.25, 0.3) is 5.91 Å². The number of hydrogen-bond acceptors (Lipinski definition) is 5. The van der Waals surface area contributed by atoms with Crippen molar-refractivity contribution in [3.8, 4) is 17.1 Å². The first-order valence-electron chi connectivity index (χ1n) is 10.5. The smallest absolute Gasteiger partial charge is 0.254 e. The third kappa shape index (κ3) is 4.72. The first kappa shape index (κ1) is 22.1. The summed E-state index contributed by atoms with van der Waals surface area (Å²) < 4.78 is 13.9. The van der Waals surface area contributed by atoms with Crippen LogP contribution in [0.25, 0.3) is 22.3 Å². The van der Waals surface area contributed by atoms with Crippen LogP contribution >= 0.6 is 0 Å². The first-order valence-corrected chi connectivity index (χ1v) is 10.5. The molecule has 4 rings (SSSR count). The number of rotatable bonds is 6. The zero-order chi connectivity index (χ0) is 23.5. The minimum Gasteiger partial charge on any atom is -0.507 e. The number of amides is 1. The number of benzene rings is 3. The number of halogens is 1. The van der Waals surface area contributed by atoms with Crippen molar-refractivity contribution in [2.45, 2.75) is 26.3 Å². The molecule has 7 heteroatoms. The number of aryl methyl sites for hydroxylation is 1. The predicted octanol–water partition coefficient (Wildman–Crippen LogP) is 5.03. The maximum atomic E-state index is 13.9. The Bertz CT molecular complexity index is 1370. The molecule has 0 fully saturated rings. The fourth-order valence-electron chi connectivity index (χ4n) is 3.65. The fraction of sp³-hybridized carbons (Fsp3) is 0.154. The van der Waals surface area contributed by atoms with E-state index < -0.39 is 17.8 Å². The van der Waals surface area contributed by atoms with Gasteiger partial charge in [0.2, 0.25) is 0 Å². The summed E-state index contributed by atoms with van der Waals surface area (Å²) in [5.41, 5.74) is 2.71. The van der Waals surface area contributed by atoms with Crippen LogP contribution in [-0.2, 0) is 0 Å². The van der Waals surface area contributed by atoms with Crippen molar-refractivity contribution in [1.29, 1.82) is 5.41 Å². The summed E-state index contributed by atoms with van der Waals surface area (Å²) in [7, 11) is 0. The van der Waals surface area contributed by atoms with E-state index in [1.165, 1.54) is 18.2 Å². The molecule has 4 aromatic rings.